The predicted octanol–water partition coefficient (Wildman–Crippen LogP) is 4.97. The molecule has 3 rings (SSSR count). The molecule has 2 N–H and O–H groups in total. The van der Waals surface area contributed by atoms with Gasteiger partial charge in [0, 0.05) is 17.8 Å². The second kappa shape index (κ2) is 10.3. The molecule has 0 aliphatic heterocycles. The highest BCUT2D eigenvalue weighted by Gasteiger charge is 2.15. The fourth-order valence-electron chi connectivity index (χ4n) is 2.92. The van der Waals surface area contributed by atoms with Gasteiger partial charge in [-0.3, -0.25) is 9.59 Å². The Morgan fingerprint density at radius 2 is 1.53 bits per heavy atom. The number of carbonyl (C=O) groups is 2. The summed E-state index contributed by atoms with van der Waals surface area (Å²) in [4.78, 5) is 24.7. The van der Waals surface area contributed by atoms with Crippen LogP contribution in [0.15, 0.2) is 78.9 Å². The Morgan fingerprint density at radius 1 is 0.867 bits per heavy atom. The summed E-state index contributed by atoms with van der Waals surface area (Å²) in [5.41, 5.74) is 3.48. The van der Waals surface area contributed by atoms with Crippen molar-refractivity contribution in [1.29, 1.82) is 0 Å². The third-order valence-electron chi connectivity index (χ3n) is 4.60. The lowest BCUT2D eigenvalue weighted by Gasteiger charge is -2.15. The summed E-state index contributed by atoms with van der Waals surface area (Å²) in [6, 6.07) is 24.5. The Labute approximate surface area is 177 Å². The summed E-state index contributed by atoms with van der Waals surface area (Å²) in [5.74, 6) is 0.309. The van der Waals surface area contributed by atoms with Crippen LogP contribution >= 0.6 is 0 Å². The van der Waals surface area contributed by atoms with Crippen LogP contribution in [-0.2, 0) is 16.0 Å². The highest BCUT2D eigenvalue weighted by Crippen LogP contribution is 2.18. The van der Waals surface area contributed by atoms with Gasteiger partial charge in [-0.2, -0.15) is 0 Å². The van der Waals surface area contributed by atoms with Gasteiger partial charge >= 0.3 is 0 Å². The van der Waals surface area contributed by atoms with Crippen LogP contribution in [0.2, 0.25) is 0 Å². The Balaban J connectivity index is 1.52. The molecule has 0 aliphatic rings. The molecule has 0 spiro atoms. The van der Waals surface area contributed by atoms with Gasteiger partial charge in [-0.1, -0.05) is 54.1 Å². The van der Waals surface area contributed by atoms with Crippen LogP contribution in [0.1, 0.15) is 24.5 Å². The molecule has 1 unspecified atom stereocenters. The molecule has 3 aromatic rings. The molecule has 0 fully saturated rings. The van der Waals surface area contributed by atoms with Gasteiger partial charge in [0.15, 0.2) is 6.10 Å². The highest BCUT2D eigenvalue weighted by molar-refractivity contribution is 5.96. The van der Waals surface area contributed by atoms with Gasteiger partial charge in [0.05, 0.1) is 0 Å². The summed E-state index contributed by atoms with van der Waals surface area (Å²) >= 11 is 0. The first kappa shape index (κ1) is 21.1. The van der Waals surface area contributed by atoms with E-state index in [-0.39, 0.29) is 11.8 Å². The minimum Gasteiger partial charge on any atom is -0.481 e. The first-order valence-corrected chi connectivity index (χ1v) is 9.97. The summed E-state index contributed by atoms with van der Waals surface area (Å²) in [5, 5.41) is 5.71. The monoisotopic (exact) mass is 402 g/mol. The number of carbonyl (C=O) groups excluding carboxylic acids is 2. The number of aryl methyl sites for hydroxylation is 2. The average molecular weight is 402 g/mol. The zero-order valence-corrected chi connectivity index (χ0v) is 17.2. The second-order valence-electron chi connectivity index (χ2n) is 7.18. The maximum Gasteiger partial charge on any atom is 0.265 e. The zero-order chi connectivity index (χ0) is 21.3. The lowest BCUT2D eigenvalue weighted by Crippen LogP contribution is -2.30. The molecule has 0 aliphatic carbocycles. The fraction of sp³-hybridized carbons (Fsp3) is 0.200. The van der Waals surface area contributed by atoms with E-state index in [2.05, 4.69) is 10.6 Å². The Kier molecular flexibility index (Phi) is 7.22. The van der Waals surface area contributed by atoms with Crippen molar-refractivity contribution in [2.75, 3.05) is 10.6 Å². The van der Waals surface area contributed by atoms with Gasteiger partial charge in [-0.15, -0.1) is 0 Å². The SMILES string of the molecule is Cc1ccc(OC(C)C(=O)Nc2cccc(NC(=O)CCc3ccccc3)c2)cc1. The number of benzene rings is 3. The van der Waals surface area contributed by atoms with Crippen molar-refractivity contribution in [3.05, 3.63) is 90.0 Å². The van der Waals surface area contributed by atoms with E-state index in [9.17, 15) is 9.59 Å². The normalized spacial score (nSPS) is 11.4. The van der Waals surface area contributed by atoms with E-state index < -0.39 is 6.10 Å². The number of rotatable bonds is 8. The fourth-order valence-corrected chi connectivity index (χ4v) is 2.92. The standard InChI is InChI=1S/C25H26N2O3/c1-18-11-14-23(15-12-18)30-19(2)25(29)27-22-10-6-9-21(17-22)26-24(28)16-13-20-7-4-3-5-8-20/h3-12,14-15,17,19H,13,16H2,1-2H3,(H,26,28)(H,27,29). The molecule has 0 saturated carbocycles. The molecule has 1 atom stereocenters. The van der Waals surface area contributed by atoms with Crippen LogP contribution in [0.25, 0.3) is 0 Å². The number of hydrogen-bond donors (Lipinski definition) is 2. The molecule has 0 bridgehead atoms. The van der Waals surface area contributed by atoms with Crippen LogP contribution in [0.3, 0.4) is 0 Å². The quantitative estimate of drug-likeness (QED) is 0.559. The molecule has 2 amide bonds. The van der Waals surface area contributed by atoms with Crippen molar-refractivity contribution in [3.63, 3.8) is 0 Å². The molecule has 5 heteroatoms. The van der Waals surface area contributed by atoms with Crippen LogP contribution in [0, 0.1) is 6.92 Å². The van der Waals surface area contributed by atoms with Crippen molar-refractivity contribution in [2.24, 2.45) is 0 Å². The number of ether oxygens (including phenoxy) is 1. The van der Waals surface area contributed by atoms with Crippen molar-refractivity contribution < 1.29 is 14.3 Å². The topological polar surface area (TPSA) is 67.4 Å². The molecule has 154 valence electrons. The Morgan fingerprint density at radius 3 is 2.23 bits per heavy atom. The van der Waals surface area contributed by atoms with Gasteiger partial charge in [0.2, 0.25) is 5.91 Å². The molecule has 0 aromatic heterocycles. The van der Waals surface area contributed by atoms with Gasteiger partial charge in [0.1, 0.15) is 5.75 Å². The minimum absolute atomic E-state index is 0.0709. The van der Waals surface area contributed by atoms with Crippen LogP contribution < -0.4 is 15.4 Å². The highest BCUT2D eigenvalue weighted by atomic mass is 16.5. The molecular weight excluding hydrogens is 376 g/mol. The van der Waals surface area contributed by atoms with Gasteiger partial charge in [0.25, 0.3) is 5.91 Å². The van der Waals surface area contributed by atoms with E-state index in [1.807, 2.05) is 61.5 Å². The Hall–Kier alpha value is -3.60. The third kappa shape index (κ3) is 6.48. The lowest BCUT2D eigenvalue weighted by molar-refractivity contribution is -0.122. The van der Waals surface area contributed by atoms with Gasteiger partial charge in [-0.05, 0) is 56.2 Å². The summed E-state index contributed by atoms with van der Waals surface area (Å²) in [6.45, 7) is 3.69. The zero-order valence-electron chi connectivity index (χ0n) is 17.2. The molecule has 0 saturated heterocycles. The van der Waals surface area contributed by atoms with E-state index in [0.29, 0.717) is 30.0 Å². The predicted molar refractivity (Wildman–Crippen MR) is 120 cm³/mol. The van der Waals surface area contributed by atoms with E-state index >= 15 is 0 Å². The summed E-state index contributed by atoms with van der Waals surface area (Å²) < 4.78 is 5.69. The van der Waals surface area contributed by atoms with Crippen molar-refractivity contribution in [3.8, 4) is 5.75 Å². The molecule has 5 nitrogen and oxygen atoms in total. The lowest BCUT2D eigenvalue weighted by atomic mass is 10.1. The average Bonchev–Trinajstić information content (AvgIpc) is 2.75. The van der Waals surface area contributed by atoms with E-state index in [1.54, 1.807) is 31.2 Å². The number of hydrogen-bond acceptors (Lipinski definition) is 3. The smallest absolute Gasteiger partial charge is 0.265 e. The van der Waals surface area contributed by atoms with Crippen LogP contribution in [0.4, 0.5) is 11.4 Å². The van der Waals surface area contributed by atoms with Gasteiger partial charge in [-0.25, -0.2) is 0 Å². The number of amides is 2. The second-order valence-corrected chi connectivity index (χ2v) is 7.18. The number of anilines is 2. The van der Waals surface area contributed by atoms with E-state index in [1.165, 1.54) is 0 Å². The van der Waals surface area contributed by atoms with E-state index in [0.717, 1.165) is 11.1 Å². The first-order valence-electron chi connectivity index (χ1n) is 9.97. The summed E-state index contributed by atoms with van der Waals surface area (Å²) in [6.07, 6.45) is 0.413. The molecule has 0 radical (unpaired) electrons. The largest absolute Gasteiger partial charge is 0.481 e. The third-order valence-corrected chi connectivity index (χ3v) is 4.60. The van der Waals surface area contributed by atoms with Crippen LogP contribution in [0.5, 0.6) is 5.75 Å². The molecule has 0 heterocycles. The maximum atomic E-state index is 12.5. The van der Waals surface area contributed by atoms with Crippen molar-refractivity contribution in [1.82, 2.24) is 0 Å². The van der Waals surface area contributed by atoms with Crippen molar-refractivity contribution in [2.45, 2.75) is 32.8 Å². The summed E-state index contributed by atoms with van der Waals surface area (Å²) in [7, 11) is 0. The first-order chi connectivity index (χ1) is 14.5. The molecule has 3 aromatic carbocycles. The maximum absolute atomic E-state index is 12.5. The van der Waals surface area contributed by atoms with Crippen LogP contribution in [-0.4, -0.2) is 17.9 Å². The Bertz CT molecular complexity index is 985. The molecule has 30 heavy (non-hydrogen) atoms. The number of nitrogens with one attached hydrogen (secondary N) is 2. The molecular formula is C25H26N2O3. The van der Waals surface area contributed by atoms with Gasteiger partial charge < -0.3 is 15.4 Å². The van der Waals surface area contributed by atoms with Crippen molar-refractivity contribution >= 4 is 23.2 Å². The van der Waals surface area contributed by atoms with E-state index in [4.69, 9.17) is 4.74 Å². The minimum atomic E-state index is -0.656.